The number of aliphatic imine (C=N–C) groups is 1. The zero-order chi connectivity index (χ0) is 21.4. The fourth-order valence-corrected chi connectivity index (χ4v) is 4.46. The summed E-state index contributed by atoms with van der Waals surface area (Å²) >= 11 is 0. The maximum absolute atomic E-state index is 12.0. The molecule has 2 heterocycles. The van der Waals surface area contributed by atoms with Gasteiger partial charge >= 0.3 is 0 Å². The molecule has 1 saturated heterocycles. The number of sulfonamides is 1. The van der Waals surface area contributed by atoms with E-state index in [-0.39, 0.29) is 34.9 Å². The second kappa shape index (κ2) is 12.4. The molecule has 0 amide bonds. The van der Waals surface area contributed by atoms with Gasteiger partial charge in [-0.2, -0.15) is 0 Å². The Balaban J connectivity index is 0.00000341. The molecule has 1 aromatic carbocycles. The van der Waals surface area contributed by atoms with E-state index in [1.807, 2.05) is 18.2 Å². The van der Waals surface area contributed by atoms with Crippen molar-refractivity contribution in [2.24, 2.45) is 4.99 Å². The standard InChI is InChI=1S/C21H31N5O3S.HI/c1-22-21(24-15-17-8-6-9-18(14-17)30(27,28)23-2)25-16-19(20-10-7-13-29-20)26-11-4-3-5-12-26;/h6-10,13-14,19,23H,3-5,11-12,15-16H2,1-2H3,(H2,22,24,25);1H. The van der Waals surface area contributed by atoms with Crippen LogP contribution in [0.4, 0.5) is 0 Å². The number of nitrogens with zero attached hydrogens (tertiary/aromatic N) is 2. The smallest absolute Gasteiger partial charge is 0.240 e. The summed E-state index contributed by atoms with van der Waals surface area (Å²) in [6, 6.07) is 10.9. The van der Waals surface area contributed by atoms with E-state index in [9.17, 15) is 8.42 Å². The van der Waals surface area contributed by atoms with E-state index in [4.69, 9.17) is 4.42 Å². The van der Waals surface area contributed by atoms with Crippen LogP contribution in [0.5, 0.6) is 0 Å². The van der Waals surface area contributed by atoms with Crippen molar-refractivity contribution in [3.8, 4) is 0 Å². The van der Waals surface area contributed by atoms with Crippen molar-refractivity contribution in [2.45, 2.75) is 36.7 Å². The fraction of sp³-hybridized carbons (Fsp3) is 0.476. The molecule has 1 aliphatic rings. The molecule has 3 rings (SSSR count). The average Bonchev–Trinajstić information content (AvgIpc) is 3.31. The maximum atomic E-state index is 12.0. The molecule has 1 unspecified atom stereocenters. The minimum absolute atomic E-state index is 0. The van der Waals surface area contributed by atoms with E-state index in [1.165, 1.54) is 26.3 Å². The monoisotopic (exact) mass is 561 g/mol. The highest BCUT2D eigenvalue weighted by Gasteiger charge is 2.24. The van der Waals surface area contributed by atoms with Gasteiger partial charge in [0.25, 0.3) is 0 Å². The normalized spacial score (nSPS) is 16.4. The second-order valence-corrected chi connectivity index (χ2v) is 9.18. The van der Waals surface area contributed by atoms with Gasteiger partial charge in [-0.05, 0) is 62.8 Å². The SMILES string of the molecule is CN=C(NCc1cccc(S(=O)(=O)NC)c1)NCC(c1ccco1)N1CCCCC1.I. The number of piperidine rings is 1. The Morgan fingerprint density at radius 2 is 1.94 bits per heavy atom. The number of nitrogens with one attached hydrogen (secondary N) is 3. The molecule has 0 radical (unpaired) electrons. The van der Waals surface area contributed by atoms with Crippen molar-refractivity contribution in [1.82, 2.24) is 20.3 Å². The number of halogens is 1. The Labute approximate surface area is 202 Å². The number of guanidine groups is 1. The van der Waals surface area contributed by atoms with Crippen LogP contribution in [0.2, 0.25) is 0 Å². The van der Waals surface area contributed by atoms with Crippen LogP contribution in [-0.4, -0.2) is 53.0 Å². The molecule has 1 aromatic heterocycles. The molecule has 8 nitrogen and oxygen atoms in total. The summed E-state index contributed by atoms with van der Waals surface area (Å²) in [5, 5.41) is 6.65. The molecule has 2 aromatic rings. The Kier molecular flexibility index (Phi) is 10.3. The van der Waals surface area contributed by atoms with Gasteiger partial charge in [0, 0.05) is 20.1 Å². The molecule has 0 bridgehead atoms. The first-order chi connectivity index (χ1) is 14.5. The van der Waals surface area contributed by atoms with Crippen molar-refractivity contribution < 1.29 is 12.8 Å². The van der Waals surface area contributed by atoms with Crippen LogP contribution in [0.1, 0.15) is 36.6 Å². The highest BCUT2D eigenvalue weighted by Crippen LogP contribution is 2.24. The lowest BCUT2D eigenvalue weighted by Crippen LogP contribution is -2.44. The molecule has 0 saturated carbocycles. The Morgan fingerprint density at radius 1 is 1.16 bits per heavy atom. The van der Waals surface area contributed by atoms with Gasteiger partial charge in [0.05, 0.1) is 17.2 Å². The van der Waals surface area contributed by atoms with Gasteiger partial charge in [0.1, 0.15) is 5.76 Å². The number of benzene rings is 1. The minimum Gasteiger partial charge on any atom is -0.468 e. The molecular weight excluding hydrogens is 529 g/mol. The average molecular weight is 561 g/mol. The van der Waals surface area contributed by atoms with Gasteiger partial charge in [-0.15, -0.1) is 24.0 Å². The van der Waals surface area contributed by atoms with E-state index < -0.39 is 10.0 Å². The van der Waals surface area contributed by atoms with Crippen LogP contribution in [0.15, 0.2) is 57.0 Å². The van der Waals surface area contributed by atoms with Crippen molar-refractivity contribution >= 4 is 40.0 Å². The topological polar surface area (TPSA) is 99.0 Å². The van der Waals surface area contributed by atoms with Crippen molar-refractivity contribution in [3.05, 3.63) is 54.0 Å². The molecule has 3 N–H and O–H groups in total. The summed E-state index contributed by atoms with van der Waals surface area (Å²) in [5.74, 6) is 1.61. The first kappa shape index (κ1) is 25.6. The van der Waals surface area contributed by atoms with Gasteiger partial charge in [0.2, 0.25) is 10.0 Å². The van der Waals surface area contributed by atoms with E-state index in [2.05, 4.69) is 25.2 Å². The van der Waals surface area contributed by atoms with Gasteiger partial charge in [-0.25, -0.2) is 13.1 Å². The first-order valence-electron chi connectivity index (χ1n) is 10.3. The Morgan fingerprint density at radius 3 is 2.58 bits per heavy atom. The third-order valence-corrected chi connectivity index (χ3v) is 6.74. The van der Waals surface area contributed by atoms with Crippen LogP contribution in [0.25, 0.3) is 0 Å². The number of rotatable bonds is 8. The number of furan rings is 1. The predicted molar refractivity (Wildman–Crippen MR) is 133 cm³/mol. The second-order valence-electron chi connectivity index (χ2n) is 7.29. The van der Waals surface area contributed by atoms with Gasteiger partial charge in [0.15, 0.2) is 5.96 Å². The molecule has 10 heteroatoms. The van der Waals surface area contributed by atoms with Crippen molar-refractivity contribution in [3.63, 3.8) is 0 Å². The van der Waals surface area contributed by atoms with Crippen LogP contribution in [0, 0.1) is 0 Å². The molecule has 1 fully saturated rings. The summed E-state index contributed by atoms with van der Waals surface area (Å²) in [6.45, 7) is 3.25. The molecule has 31 heavy (non-hydrogen) atoms. The first-order valence-corrected chi connectivity index (χ1v) is 11.8. The minimum atomic E-state index is -3.46. The van der Waals surface area contributed by atoms with Crippen molar-refractivity contribution in [1.29, 1.82) is 0 Å². The van der Waals surface area contributed by atoms with Crippen LogP contribution < -0.4 is 15.4 Å². The molecule has 0 aliphatic carbocycles. The van der Waals surface area contributed by atoms with Crippen LogP contribution in [-0.2, 0) is 16.6 Å². The molecule has 1 atom stereocenters. The molecule has 0 spiro atoms. The zero-order valence-corrected chi connectivity index (χ0v) is 21.2. The largest absolute Gasteiger partial charge is 0.468 e. The zero-order valence-electron chi connectivity index (χ0n) is 18.0. The highest BCUT2D eigenvalue weighted by molar-refractivity contribution is 14.0. The molecule has 1 aliphatic heterocycles. The Hall–Kier alpha value is -1.63. The maximum Gasteiger partial charge on any atom is 0.240 e. The number of likely N-dealkylation sites (tertiary alicyclic amines) is 1. The summed E-state index contributed by atoms with van der Waals surface area (Å²) in [6.07, 6.45) is 5.40. The van der Waals surface area contributed by atoms with Crippen molar-refractivity contribution in [2.75, 3.05) is 33.7 Å². The molecule has 172 valence electrons. The number of hydrogen-bond acceptors (Lipinski definition) is 5. The summed E-state index contributed by atoms with van der Waals surface area (Å²) < 4.78 is 32.0. The Bertz CT molecular complexity index is 928. The van der Waals surface area contributed by atoms with Crippen LogP contribution >= 0.6 is 24.0 Å². The van der Waals surface area contributed by atoms with Gasteiger partial charge < -0.3 is 15.1 Å². The lowest BCUT2D eigenvalue weighted by atomic mass is 10.1. The van der Waals surface area contributed by atoms with E-state index in [0.717, 1.165) is 24.4 Å². The van der Waals surface area contributed by atoms with E-state index in [0.29, 0.717) is 19.0 Å². The summed E-state index contributed by atoms with van der Waals surface area (Å²) in [5.41, 5.74) is 0.855. The van der Waals surface area contributed by atoms with Gasteiger partial charge in [-0.1, -0.05) is 18.6 Å². The van der Waals surface area contributed by atoms with Gasteiger partial charge in [-0.3, -0.25) is 9.89 Å². The number of hydrogen-bond donors (Lipinski definition) is 3. The third kappa shape index (κ3) is 7.19. The molecular formula is C21H32IN5O3S. The quantitative estimate of drug-likeness (QED) is 0.261. The predicted octanol–water partition coefficient (Wildman–Crippen LogP) is 2.70. The van der Waals surface area contributed by atoms with E-state index >= 15 is 0 Å². The lowest BCUT2D eigenvalue weighted by Gasteiger charge is -2.33. The van der Waals surface area contributed by atoms with Crippen LogP contribution in [0.3, 0.4) is 0 Å². The highest BCUT2D eigenvalue weighted by atomic mass is 127. The fourth-order valence-electron chi connectivity index (χ4n) is 3.66. The third-order valence-electron chi connectivity index (χ3n) is 5.33. The summed E-state index contributed by atoms with van der Waals surface area (Å²) in [7, 11) is -0.335. The summed E-state index contributed by atoms with van der Waals surface area (Å²) in [4.78, 5) is 7.00. The van der Waals surface area contributed by atoms with E-state index in [1.54, 1.807) is 31.5 Å². The lowest BCUT2D eigenvalue weighted by molar-refractivity contribution is 0.146.